The third-order valence-electron chi connectivity index (χ3n) is 3.64. The number of carboxylic acids is 1. The number of aromatic carboxylic acids is 1. The Balaban J connectivity index is 1.68. The number of carboxylic acid groups (broad SMARTS) is 1. The van der Waals surface area contributed by atoms with Crippen molar-refractivity contribution in [3.63, 3.8) is 0 Å². The van der Waals surface area contributed by atoms with Crippen LogP contribution in [0.15, 0.2) is 48.8 Å². The number of halogens is 2. The van der Waals surface area contributed by atoms with E-state index in [4.69, 9.17) is 16.7 Å². The Hall–Kier alpha value is -3.72. The number of rotatable bonds is 5. The zero-order valence-corrected chi connectivity index (χ0v) is 14.7. The molecule has 0 atom stereocenters. The fourth-order valence-corrected chi connectivity index (χ4v) is 2.58. The smallest absolute Gasteiger partial charge is 0.354 e. The molecule has 3 aromatic rings. The van der Waals surface area contributed by atoms with Crippen LogP contribution in [0.1, 0.15) is 31.3 Å². The number of aromatic nitrogens is 2. The Morgan fingerprint density at radius 1 is 1.00 bits per heavy atom. The number of hydrogen-bond donors (Lipinski definition) is 4. The molecule has 0 saturated heterocycles. The van der Waals surface area contributed by atoms with Crippen molar-refractivity contribution in [2.45, 2.75) is 0 Å². The predicted octanol–water partition coefficient (Wildman–Crippen LogP) is 3.41. The van der Waals surface area contributed by atoms with Crippen molar-refractivity contribution in [2.24, 2.45) is 0 Å². The lowest BCUT2D eigenvalue weighted by Crippen LogP contribution is -2.16. The number of nitrogens with zero attached hydrogens (tertiary/aromatic N) is 1. The minimum atomic E-state index is -1.31. The SMILES string of the molecule is O=C(Nc1ccc(NC(=O)c2nc[nH]c2C(=O)O)cc1)c1ccc(F)cc1Cl. The molecule has 1 heterocycles. The molecule has 3 rings (SSSR count). The summed E-state index contributed by atoms with van der Waals surface area (Å²) in [7, 11) is 0. The lowest BCUT2D eigenvalue weighted by Gasteiger charge is -2.08. The summed E-state index contributed by atoms with van der Waals surface area (Å²) in [5.74, 6) is -3.08. The first-order valence-electron chi connectivity index (χ1n) is 7.79. The molecule has 1 aromatic heterocycles. The summed E-state index contributed by atoms with van der Waals surface area (Å²) in [6.07, 6.45) is 1.11. The average molecular weight is 403 g/mol. The lowest BCUT2D eigenvalue weighted by atomic mass is 10.2. The Morgan fingerprint density at radius 2 is 1.61 bits per heavy atom. The van der Waals surface area contributed by atoms with Gasteiger partial charge in [0.25, 0.3) is 11.8 Å². The summed E-state index contributed by atoms with van der Waals surface area (Å²) in [6, 6.07) is 9.49. The molecular formula is C18H12ClFN4O4. The van der Waals surface area contributed by atoms with Crippen LogP contribution in [-0.2, 0) is 0 Å². The van der Waals surface area contributed by atoms with Crippen molar-refractivity contribution in [2.75, 3.05) is 10.6 Å². The number of aromatic amines is 1. The Kier molecular flexibility index (Phi) is 5.37. The van der Waals surface area contributed by atoms with Gasteiger partial charge >= 0.3 is 5.97 Å². The summed E-state index contributed by atoms with van der Waals surface area (Å²) in [5, 5.41) is 14.1. The average Bonchev–Trinajstić information content (AvgIpc) is 3.13. The minimum absolute atomic E-state index is 0.0189. The maximum absolute atomic E-state index is 13.1. The van der Waals surface area contributed by atoms with E-state index >= 15 is 0 Å². The second kappa shape index (κ2) is 7.89. The molecule has 0 radical (unpaired) electrons. The van der Waals surface area contributed by atoms with E-state index in [0.717, 1.165) is 18.5 Å². The summed E-state index contributed by atoms with van der Waals surface area (Å²) in [5.41, 5.74) is 0.310. The molecule has 0 aliphatic heterocycles. The number of hydrogen-bond acceptors (Lipinski definition) is 4. The van der Waals surface area contributed by atoms with Crippen LogP contribution in [0.25, 0.3) is 0 Å². The van der Waals surface area contributed by atoms with Crippen LogP contribution in [-0.4, -0.2) is 32.9 Å². The second-order valence-electron chi connectivity index (χ2n) is 5.54. The third kappa shape index (κ3) is 4.15. The molecular weight excluding hydrogens is 391 g/mol. The highest BCUT2D eigenvalue weighted by molar-refractivity contribution is 6.34. The fourth-order valence-electron chi connectivity index (χ4n) is 2.33. The number of imidazole rings is 1. The van der Waals surface area contributed by atoms with Crippen molar-refractivity contribution in [3.8, 4) is 0 Å². The van der Waals surface area contributed by atoms with E-state index in [1.807, 2.05) is 0 Å². The maximum Gasteiger partial charge on any atom is 0.354 e. The van der Waals surface area contributed by atoms with E-state index < -0.39 is 23.6 Å². The molecule has 28 heavy (non-hydrogen) atoms. The highest BCUT2D eigenvalue weighted by Crippen LogP contribution is 2.20. The van der Waals surface area contributed by atoms with E-state index in [2.05, 4.69) is 20.6 Å². The van der Waals surface area contributed by atoms with Gasteiger partial charge in [0.05, 0.1) is 16.9 Å². The lowest BCUT2D eigenvalue weighted by molar-refractivity contribution is 0.0686. The van der Waals surface area contributed by atoms with Crippen LogP contribution < -0.4 is 10.6 Å². The van der Waals surface area contributed by atoms with Gasteiger partial charge in [0, 0.05) is 11.4 Å². The molecule has 4 N–H and O–H groups in total. The second-order valence-corrected chi connectivity index (χ2v) is 5.95. The van der Waals surface area contributed by atoms with Gasteiger partial charge in [-0.1, -0.05) is 11.6 Å². The number of benzene rings is 2. The Labute approximate surface area is 162 Å². The summed E-state index contributed by atoms with van der Waals surface area (Å²) in [6.45, 7) is 0. The summed E-state index contributed by atoms with van der Waals surface area (Å²) >= 11 is 5.86. The van der Waals surface area contributed by atoms with Gasteiger partial charge in [-0.25, -0.2) is 14.2 Å². The maximum atomic E-state index is 13.1. The van der Waals surface area contributed by atoms with Crippen LogP contribution in [0.3, 0.4) is 0 Å². The Morgan fingerprint density at radius 3 is 2.18 bits per heavy atom. The summed E-state index contributed by atoms with van der Waals surface area (Å²) in [4.78, 5) is 41.4. The van der Waals surface area contributed by atoms with Gasteiger partial charge in [-0.15, -0.1) is 0 Å². The van der Waals surface area contributed by atoms with Crippen LogP contribution >= 0.6 is 11.6 Å². The van der Waals surface area contributed by atoms with Crippen molar-refractivity contribution < 1.29 is 23.9 Å². The van der Waals surface area contributed by atoms with E-state index in [9.17, 15) is 18.8 Å². The highest BCUT2D eigenvalue weighted by Gasteiger charge is 2.19. The predicted molar refractivity (Wildman–Crippen MR) is 99.3 cm³/mol. The van der Waals surface area contributed by atoms with Crippen molar-refractivity contribution in [1.82, 2.24) is 9.97 Å². The number of nitrogens with one attached hydrogen (secondary N) is 3. The zero-order valence-electron chi connectivity index (χ0n) is 14.0. The number of carbonyl (C=O) groups is 3. The molecule has 2 amide bonds. The minimum Gasteiger partial charge on any atom is -0.477 e. The largest absolute Gasteiger partial charge is 0.477 e. The number of anilines is 2. The quantitative estimate of drug-likeness (QED) is 0.520. The molecule has 0 fully saturated rings. The molecule has 142 valence electrons. The van der Waals surface area contributed by atoms with Crippen LogP contribution in [0.4, 0.5) is 15.8 Å². The number of amides is 2. The topological polar surface area (TPSA) is 124 Å². The first kappa shape index (κ1) is 19.1. The van der Waals surface area contributed by atoms with Gasteiger partial charge < -0.3 is 20.7 Å². The highest BCUT2D eigenvalue weighted by atomic mass is 35.5. The van der Waals surface area contributed by atoms with Crippen molar-refractivity contribution in [3.05, 3.63) is 76.6 Å². The molecule has 10 heteroatoms. The molecule has 2 aromatic carbocycles. The van der Waals surface area contributed by atoms with Crippen LogP contribution in [0, 0.1) is 5.82 Å². The molecule has 0 saturated carbocycles. The van der Waals surface area contributed by atoms with E-state index in [1.165, 1.54) is 30.3 Å². The van der Waals surface area contributed by atoms with Gasteiger partial charge in [0.15, 0.2) is 11.4 Å². The summed E-state index contributed by atoms with van der Waals surface area (Å²) < 4.78 is 13.1. The third-order valence-corrected chi connectivity index (χ3v) is 3.96. The molecule has 0 aliphatic carbocycles. The molecule has 0 unspecified atom stereocenters. The monoisotopic (exact) mass is 402 g/mol. The zero-order chi connectivity index (χ0) is 20.3. The first-order chi connectivity index (χ1) is 13.3. The van der Waals surface area contributed by atoms with Gasteiger partial charge in [0.2, 0.25) is 0 Å². The normalized spacial score (nSPS) is 10.4. The van der Waals surface area contributed by atoms with E-state index in [0.29, 0.717) is 11.4 Å². The molecule has 0 spiro atoms. The van der Waals surface area contributed by atoms with E-state index in [-0.39, 0.29) is 22.0 Å². The number of H-pyrrole nitrogens is 1. The molecule has 8 nitrogen and oxygen atoms in total. The molecule has 0 bridgehead atoms. The first-order valence-corrected chi connectivity index (χ1v) is 8.17. The molecule has 0 aliphatic rings. The Bertz CT molecular complexity index is 1070. The van der Waals surface area contributed by atoms with Gasteiger partial charge in [-0.3, -0.25) is 9.59 Å². The van der Waals surface area contributed by atoms with Gasteiger partial charge in [-0.2, -0.15) is 0 Å². The van der Waals surface area contributed by atoms with Crippen LogP contribution in [0.2, 0.25) is 5.02 Å². The van der Waals surface area contributed by atoms with Crippen LogP contribution in [0.5, 0.6) is 0 Å². The van der Waals surface area contributed by atoms with E-state index in [1.54, 1.807) is 0 Å². The van der Waals surface area contributed by atoms with Crippen molar-refractivity contribution in [1.29, 1.82) is 0 Å². The van der Waals surface area contributed by atoms with Gasteiger partial charge in [0.1, 0.15) is 5.82 Å². The number of carbonyl (C=O) groups excluding carboxylic acids is 2. The van der Waals surface area contributed by atoms with Gasteiger partial charge in [-0.05, 0) is 42.5 Å². The van der Waals surface area contributed by atoms with Crippen molar-refractivity contribution >= 4 is 40.8 Å². The fraction of sp³-hybridized carbons (Fsp3) is 0. The standard InChI is InChI=1S/C18H12ClFN4O4/c19-13-7-9(20)1-6-12(13)16(25)23-10-2-4-11(5-3-10)24-17(26)14-15(18(27)28)22-8-21-14/h1-8H,(H,21,22)(H,23,25)(H,24,26)(H,27,28).